The van der Waals surface area contributed by atoms with Crippen LogP contribution in [0.5, 0.6) is 5.75 Å². The molecule has 0 amide bonds. The van der Waals surface area contributed by atoms with Gasteiger partial charge in [-0.1, -0.05) is 39.0 Å². The van der Waals surface area contributed by atoms with E-state index < -0.39 is 0 Å². The summed E-state index contributed by atoms with van der Waals surface area (Å²) in [5, 5.41) is 1.24. The zero-order valence-corrected chi connectivity index (χ0v) is 13.0. The van der Waals surface area contributed by atoms with E-state index in [1.54, 1.807) is 7.11 Å². The van der Waals surface area contributed by atoms with Crippen molar-refractivity contribution >= 4 is 10.9 Å². The van der Waals surface area contributed by atoms with Crippen molar-refractivity contribution in [2.75, 3.05) is 7.11 Å². The minimum Gasteiger partial charge on any atom is -0.496 e. The number of fused-ring (bicyclic) bond motifs is 1. The Bertz CT molecular complexity index is 778. The van der Waals surface area contributed by atoms with E-state index in [2.05, 4.69) is 56.1 Å². The Kier molecular flexibility index (Phi) is 3.25. The number of benzene rings is 2. The van der Waals surface area contributed by atoms with Gasteiger partial charge in [-0.3, -0.25) is 0 Å². The van der Waals surface area contributed by atoms with Crippen molar-refractivity contribution < 1.29 is 4.74 Å². The molecule has 0 fully saturated rings. The summed E-state index contributed by atoms with van der Waals surface area (Å²) in [6.07, 6.45) is 0. The molecular formula is C19H21NO. The van der Waals surface area contributed by atoms with Crippen molar-refractivity contribution in [2.45, 2.75) is 26.2 Å². The molecule has 1 aromatic heterocycles. The van der Waals surface area contributed by atoms with E-state index >= 15 is 0 Å². The molecule has 1 N–H and O–H groups in total. The van der Waals surface area contributed by atoms with Gasteiger partial charge in [-0.15, -0.1) is 0 Å². The summed E-state index contributed by atoms with van der Waals surface area (Å²) >= 11 is 0. The van der Waals surface area contributed by atoms with Crippen LogP contribution >= 0.6 is 0 Å². The summed E-state index contributed by atoms with van der Waals surface area (Å²) in [6, 6.07) is 16.9. The summed E-state index contributed by atoms with van der Waals surface area (Å²) < 4.78 is 5.45. The fourth-order valence-electron chi connectivity index (χ4n) is 2.61. The highest BCUT2D eigenvalue weighted by molar-refractivity contribution is 5.87. The van der Waals surface area contributed by atoms with Crippen LogP contribution in [-0.4, -0.2) is 12.1 Å². The average molecular weight is 279 g/mol. The van der Waals surface area contributed by atoms with Crippen LogP contribution in [0.1, 0.15) is 26.3 Å². The first-order valence-corrected chi connectivity index (χ1v) is 7.26. The molecule has 0 radical (unpaired) electrons. The quantitative estimate of drug-likeness (QED) is 0.690. The molecule has 3 aromatic rings. The minimum atomic E-state index is 0.163. The number of nitrogens with one attached hydrogen (secondary N) is 1. The third kappa shape index (κ3) is 2.54. The van der Waals surface area contributed by atoms with Gasteiger partial charge in [-0.05, 0) is 41.3 Å². The van der Waals surface area contributed by atoms with Crippen molar-refractivity contribution in [1.82, 2.24) is 4.98 Å². The van der Waals surface area contributed by atoms with Gasteiger partial charge in [0, 0.05) is 16.5 Å². The predicted molar refractivity (Wildman–Crippen MR) is 89.0 cm³/mol. The molecule has 3 rings (SSSR count). The van der Waals surface area contributed by atoms with Gasteiger partial charge in [0.1, 0.15) is 5.75 Å². The smallest absolute Gasteiger partial charge is 0.128 e. The lowest BCUT2D eigenvalue weighted by atomic mass is 9.86. The molecule has 2 heteroatoms. The molecule has 1 heterocycles. The first-order valence-electron chi connectivity index (χ1n) is 7.26. The maximum atomic E-state index is 5.45. The average Bonchev–Trinajstić information content (AvgIpc) is 2.89. The maximum Gasteiger partial charge on any atom is 0.128 e. The standard InChI is InChI=1S/C19H21NO/c1-19(2,3)14-9-10-16-13(11-14)12-17(20-16)15-7-5-6-8-18(15)21-4/h5-12,20H,1-4H3. The molecular weight excluding hydrogens is 258 g/mol. The molecule has 0 aliphatic carbocycles. The van der Waals surface area contributed by atoms with Crippen molar-refractivity contribution in [1.29, 1.82) is 0 Å². The summed E-state index contributed by atoms with van der Waals surface area (Å²) in [5.41, 5.74) is 4.85. The van der Waals surface area contributed by atoms with Gasteiger partial charge in [0.15, 0.2) is 0 Å². The SMILES string of the molecule is COc1ccccc1-c1cc2cc(C(C)(C)C)ccc2[nH]1. The number of rotatable bonds is 2. The fourth-order valence-corrected chi connectivity index (χ4v) is 2.61. The second kappa shape index (κ2) is 4.96. The van der Waals surface area contributed by atoms with Gasteiger partial charge in [0.2, 0.25) is 0 Å². The highest BCUT2D eigenvalue weighted by Gasteiger charge is 2.15. The number of aromatic amines is 1. The molecule has 0 saturated heterocycles. The van der Waals surface area contributed by atoms with E-state index in [-0.39, 0.29) is 5.41 Å². The van der Waals surface area contributed by atoms with Gasteiger partial charge in [-0.2, -0.15) is 0 Å². The lowest BCUT2D eigenvalue weighted by Gasteiger charge is -2.18. The number of methoxy groups -OCH3 is 1. The van der Waals surface area contributed by atoms with Gasteiger partial charge in [0.25, 0.3) is 0 Å². The summed E-state index contributed by atoms with van der Waals surface area (Å²) in [4.78, 5) is 3.49. The van der Waals surface area contributed by atoms with Crippen LogP contribution in [0.2, 0.25) is 0 Å². The van der Waals surface area contributed by atoms with Crippen LogP contribution in [0.3, 0.4) is 0 Å². The van der Waals surface area contributed by atoms with Crippen LogP contribution in [0.25, 0.3) is 22.2 Å². The molecule has 0 unspecified atom stereocenters. The van der Waals surface area contributed by atoms with Crippen LogP contribution < -0.4 is 4.74 Å². The first kappa shape index (κ1) is 13.7. The van der Waals surface area contributed by atoms with Crippen LogP contribution in [0.15, 0.2) is 48.5 Å². The van der Waals surface area contributed by atoms with Gasteiger partial charge in [-0.25, -0.2) is 0 Å². The third-order valence-electron chi connectivity index (χ3n) is 3.88. The molecule has 21 heavy (non-hydrogen) atoms. The normalized spacial score (nSPS) is 11.8. The Balaban J connectivity index is 2.13. The number of hydrogen-bond acceptors (Lipinski definition) is 1. The fraction of sp³-hybridized carbons (Fsp3) is 0.263. The molecule has 0 saturated carbocycles. The van der Waals surface area contributed by atoms with E-state index in [0.29, 0.717) is 0 Å². The Morgan fingerprint density at radius 3 is 2.43 bits per heavy atom. The lowest BCUT2D eigenvalue weighted by Crippen LogP contribution is -2.10. The molecule has 108 valence electrons. The maximum absolute atomic E-state index is 5.45. The van der Waals surface area contributed by atoms with Crippen LogP contribution in [-0.2, 0) is 5.41 Å². The van der Waals surface area contributed by atoms with Crippen LogP contribution in [0, 0.1) is 0 Å². The molecule has 2 nitrogen and oxygen atoms in total. The zero-order chi connectivity index (χ0) is 15.0. The topological polar surface area (TPSA) is 25.0 Å². The second-order valence-electron chi connectivity index (χ2n) is 6.44. The Labute approximate surface area is 125 Å². The summed E-state index contributed by atoms with van der Waals surface area (Å²) in [6.45, 7) is 6.71. The second-order valence-corrected chi connectivity index (χ2v) is 6.44. The van der Waals surface area contributed by atoms with Crippen molar-refractivity contribution in [3.05, 3.63) is 54.1 Å². The molecule has 0 spiro atoms. The number of ether oxygens (including phenoxy) is 1. The Morgan fingerprint density at radius 2 is 1.71 bits per heavy atom. The number of para-hydroxylation sites is 1. The minimum absolute atomic E-state index is 0.163. The van der Waals surface area contributed by atoms with E-state index in [1.165, 1.54) is 10.9 Å². The summed E-state index contributed by atoms with van der Waals surface area (Å²) in [7, 11) is 1.71. The van der Waals surface area contributed by atoms with Gasteiger partial charge >= 0.3 is 0 Å². The van der Waals surface area contributed by atoms with Crippen molar-refractivity contribution in [3.8, 4) is 17.0 Å². The van der Waals surface area contributed by atoms with Gasteiger partial charge < -0.3 is 9.72 Å². The van der Waals surface area contributed by atoms with Crippen LogP contribution in [0.4, 0.5) is 0 Å². The Morgan fingerprint density at radius 1 is 0.952 bits per heavy atom. The van der Waals surface area contributed by atoms with Crippen molar-refractivity contribution in [2.24, 2.45) is 0 Å². The zero-order valence-electron chi connectivity index (χ0n) is 13.0. The number of aromatic nitrogens is 1. The molecule has 0 atom stereocenters. The van der Waals surface area contributed by atoms with E-state index in [0.717, 1.165) is 22.5 Å². The monoisotopic (exact) mass is 279 g/mol. The summed E-state index contributed by atoms with van der Waals surface area (Å²) in [5.74, 6) is 0.889. The predicted octanol–water partition coefficient (Wildman–Crippen LogP) is 5.14. The molecule has 2 aromatic carbocycles. The molecule has 0 bridgehead atoms. The number of H-pyrrole nitrogens is 1. The molecule has 0 aliphatic rings. The Hall–Kier alpha value is -2.22. The van der Waals surface area contributed by atoms with E-state index in [1.807, 2.05) is 18.2 Å². The third-order valence-corrected chi connectivity index (χ3v) is 3.88. The van der Waals surface area contributed by atoms with Gasteiger partial charge in [0.05, 0.1) is 12.8 Å². The highest BCUT2D eigenvalue weighted by Crippen LogP contribution is 2.33. The van der Waals surface area contributed by atoms with E-state index in [4.69, 9.17) is 4.74 Å². The van der Waals surface area contributed by atoms with E-state index in [9.17, 15) is 0 Å². The van der Waals surface area contributed by atoms with Crippen molar-refractivity contribution in [3.63, 3.8) is 0 Å². The first-order chi connectivity index (χ1) is 9.99. The largest absolute Gasteiger partial charge is 0.496 e. The lowest BCUT2D eigenvalue weighted by molar-refractivity contribution is 0.416. The highest BCUT2D eigenvalue weighted by atomic mass is 16.5. The number of hydrogen-bond donors (Lipinski definition) is 1. The molecule has 0 aliphatic heterocycles.